The number of benzene rings is 2. The van der Waals surface area contributed by atoms with Crippen LogP contribution in [0, 0.1) is 0 Å². The molecule has 3 atom stereocenters. The lowest BCUT2D eigenvalue weighted by atomic mass is 9.88. The maximum absolute atomic E-state index is 13.1. The lowest BCUT2D eigenvalue weighted by Crippen LogP contribution is -2.52. The number of pyridine rings is 1. The Morgan fingerprint density at radius 2 is 1.76 bits per heavy atom. The number of nitrogens with zero attached hydrogens (tertiary/aromatic N) is 7. The van der Waals surface area contributed by atoms with E-state index in [2.05, 4.69) is 60.7 Å². The molecule has 2 aromatic heterocycles. The molecule has 3 aliphatic rings. The Bertz CT molecular complexity index is 1700. The van der Waals surface area contributed by atoms with Crippen molar-refractivity contribution in [2.24, 2.45) is 17.3 Å². The number of piperazine rings is 1. The van der Waals surface area contributed by atoms with E-state index in [-0.39, 0.29) is 18.2 Å². The number of rotatable bonds is 6. The van der Waals surface area contributed by atoms with Crippen LogP contribution >= 0.6 is 0 Å². The molecule has 7 rings (SSSR count). The number of fused-ring (bicyclic) bond motifs is 3. The first kappa shape index (κ1) is 26.5. The first-order valence-corrected chi connectivity index (χ1v) is 14.5. The Balaban J connectivity index is 1.20. The van der Waals surface area contributed by atoms with Gasteiger partial charge in [-0.05, 0) is 60.3 Å². The Hall–Kier alpha value is -4.41. The van der Waals surface area contributed by atoms with Gasteiger partial charge in [0.2, 0.25) is 0 Å². The number of hydrogen-bond acceptors (Lipinski definition) is 9. The second-order valence-electron chi connectivity index (χ2n) is 11.5. The van der Waals surface area contributed by atoms with Gasteiger partial charge in [-0.1, -0.05) is 42.5 Å². The first-order chi connectivity index (χ1) is 20.5. The van der Waals surface area contributed by atoms with E-state index >= 15 is 0 Å². The van der Waals surface area contributed by atoms with Gasteiger partial charge in [-0.25, -0.2) is 9.67 Å². The number of likely N-dealkylation sites (tertiary alicyclic amines) is 1. The minimum atomic E-state index is -0.319. The predicted octanol–water partition coefficient (Wildman–Crippen LogP) is 4.42. The van der Waals surface area contributed by atoms with Crippen molar-refractivity contribution in [3.05, 3.63) is 99.5 Å². The van der Waals surface area contributed by atoms with Crippen LogP contribution < -0.4 is 15.8 Å². The summed E-state index contributed by atoms with van der Waals surface area (Å²) in [5.74, 6) is 0.588. The van der Waals surface area contributed by atoms with Crippen LogP contribution in [0.25, 0.3) is 11.3 Å². The van der Waals surface area contributed by atoms with Crippen LogP contribution in [0.15, 0.2) is 81.9 Å². The van der Waals surface area contributed by atoms with Gasteiger partial charge >= 0.3 is 0 Å². The molecular formula is C32H34N8O2. The van der Waals surface area contributed by atoms with Crippen LogP contribution in [-0.4, -0.2) is 57.0 Å². The third-order valence-corrected chi connectivity index (χ3v) is 8.77. The highest BCUT2D eigenvalue weighted by molar-refractivity contribution is 5.70. The Morgan fingerprint density at radius 1 is 0.976 bits per heavy atom. The normalized spacial score (nSPS) is 21.4. The fraction of sp³-hybridized carbons (Fsp3) is 0.344. The molecule has 4 aromatic rings. The largest absolute Gasteiger partial charge is 0.392 e. The fourth-order valence-electron chi connectivity index (χ4n) is 6.83. The monoisotopic (exact) mass is 562 g/mol. The van der Waals surface area contributed by atoms with Gasteiger partial charge in [0.25, 0.3) is 5.56 Å². The fourth-order valence-corrected chi connectivity index (χ4v) is 6.83. The number of azo groups is 1. The van der Waals surface area contributed by atoms with Crippen molar-refractivity contribution >= 4 is 17.2 Å². The number of aliphatic hydroxyl groups excluding tert-OH is 1. The molecule has 5 heterocycles. The van der Waals surface area contributed by atoms with Gasteiger partial charge in [0, 0.05) is 37.8 Å². The average molecular weight is 563 g/mol. The summed E-state index contributed by atoms with van der Waals surface area (Å²) in [5.41, 5.74) is 6.29. The van der Waals surface area contributed by atoms with E-state index in [0.717, 1.165) is 41.0 Å². The summed E-state index contributed by atoms with van der Waals surface area (Å²) >= 11 is 0. The van der Waals surface area contributed by atoms with Crippen LogP contribution in [0.1, 0.15) is 41.1 Å². The van der Waals surface area contributed by atoms with Crippen LogP contribution in [0.5, 0.6) is 0 Å². The quantitative estimate of drug-likeness (QED) is 0.358. The molecule has 2 saturated heterocycles. The van der Waals surface area contributed by atoms with Gasteiger partial charge < -0.3 is 20.2 Å². The molecule has 214 valence electrons. The molecule has 0 spiro atoms. The minimum Gasteiger partial charge on any atom is -0.392 e. The molecule has 2 aromatic carbocycles. The van der Waals surface area contributed by atoms with E-state index in [1.807, 2.05) is 42.6 Å². The zero-order valence-corrected chi connectivity index (χ0v) is 23.8. The number of nitrogens with one attached hydrogen (secondary N) is 1. The molecular weight excluding hydrogens is 528 g/mol. The van der Waals surface area contributed by atoms with Gasteiger partial charge in [-0.15, -0.1) is 0 Å². The van der Waals surface area contributed by atoms with Crippen molar-refractivity contribution in [1.82, 2.24) is 19.7 Å². The smallest absolute Gasteiger partial charge is 0.290 e. The Labute approximate surface area is 244 Å². The van der Waals surface area contributed by atoms with E-state index in [1.165, 1.54) is 17.5 Å². The van der Waals surface area contributed by atoms with Crippen LogP contribution in [0.2, 0.25) is 0 Å². The number of likely N-dealkylation sites (N-methyl/N-ethyl adjacent to an activating group) is 1. The van der Waals surface area contributed by atoms with Gasteiger partial charge in [0.15, 0.2) is 0 Å². The molecule has 2 fully saturated rings. The SMILES string of the molecule is CN1C[C@H]2CC[C@@H](C1)N2c1ccc(Nc2cc(-c3cccc(C4N=NCc5ccccc54)c3CO)nn(C)c2=O)nc1. The van der Waals surface area contributed by atoms with Gasteiger partial charge in [0.1, 0.15) is 17.5 Å². The Kier molecular flexibility index (Phi) is 6.79. The minimum absolute atomic E-state index is 0.204. The number of aryl methyl sites for hydroxylation is 1. The topological polar surface area (TPSA) is 111 Å². The van der Waals surface area contributed by atoms with E-state index in [9.17, 15) is 9.90 Å². The molecule has 42 heavy (non-hydrogen) atoms. The summed E-state index contributed by atoms with van der Waals surface area (Å²) in [7, 11) is 3.82. The molecule has 2 bridgehead atoms. The molecule has 3 aliphatic heterocycles. The maximum atomic E-state index is 13.1. The number of anilines is 3. The summed E-state index contributed by atoms with van der Waals surface area (Å²) in [6.07, 6.45) is 4.31. The predicted molar refractivity (Wildman–Crippen MR) is 162 cm³/mol. The average Bonchev–Trinajstić information content (AvgIpc) is 3.29. The Morgan fingerprint density at radius 3 is 2.52 bits per heavy atom. The summed E-state index contributed by atoms with van der Waals surface area (Å²) < 4.78 is 1.32. The summed E-state index contributed by atoms with van der Waals surface area (Å²) in [5, 5.41) is 27.2. The second-order valence-corrected chi connectivity index (χ2v) is 11.5. The molecule has 0 amide bonds. The summed E-state index contributed by atoms with van der Waals surface area (Å²) in [6.45, 7) is 2.48. The van der Waals surface area contributed by atoms with Crippen LogP contribution in [0.3, 0.4) is 0 Å². The highest BCUT2D eigenvalue weighted by Crippen LogP contribution is 2.38. The molecule has 10 heteroatoms. The molecule has 0 aliphatic carbocycles. The standard InChI is InChI=1S/C32H34N8O2/c1-38-17-22-10-11-23(18-38)40(22)21-12-13-30(33-16-21)35-29-14-28(37-39(2)32(29)42)25-8-5-9-26(27(25)19-41)31-24-7-4-3-6-20(24)15-34-36-31/h3-9,12-14,16,22-23,31,41H,10-11,15,17-19H2,1-2H3,(H,33,35)/t22-,23+,31?. The first-order valence-electron chi connectivity index (χ1n) is 14.5. The third-order valence-electron chi connectivity index (χ3n) is 8.77. The van der Waals surface area contributed by atoms with Crippen molar-refractivity contribution in [1.29, 1.82) is 0 Å². The van der Waals surface area contributed by atoms with Gasteiger partial charge in [-0.3, -0.25) is 4.79 Å². The van der Waals surface area contributed by atoms with Crippen molar-refractivity contribution in [3.8, 4) is 11.3 Å². The van der Waals surface area contributed by atoms with Gasteiger partial charge in [-0.2, -0.15) is 15.3 Å². The molecule has 2 N–H and O–H groups in total. The van der Waals surface area contributed by atoms with Crippen molar-refractivity contribution < 1.29 is 5.11 Å². The molecule has 10 nitrogen and oxygen atoms in total. The zero-order chi connectivity index (χ0) is 28.8. The number of aromatic nitrogens is 3. The lowest BCUT2D eigenvalue weighted by molar-refractivity contribution is 0.264. The lowest BCUT2D eigenvalue weighted by Gasteiger charge is -2.41. The van der Waals surface area contributed by atoms with E-state index in [0.29, 0.717) is 41.4 Å². The summed E-state index contributed by atoms with van der Waals surface area (Å²) in [6, 6.07) is 20.4. The summed E-state index contributed by atoms with van der Waals surface area (Å²) in [4.78, 5) is 22.7. The van der Waals surface area contributed by atoms with E-state index in [1.54, 1.807) is 13.1 Å². The number of hydrogen-bond donors (Lipinski definition) is 2. The van der Waals surface area contributed by atoms with Crippen molar-refractivity contribution in [2.45, 2.75) is 44.1 Å². The van der Waals surface area contributed by atoms with Crippen LogP contribution in [-0.2, 0) is 20.2 Å². The molecule has 0 saturated carbocycles. The second kappa shape index (κ2) is 10.8. The number of aliphatic hydroxyl groups is 1. The van der Waals surface area contributed by atoms with E-state index in [4.69, 9.17) is 0 Å². The van der Waals surface area contributed by atoms with Crippen LogP contribution in [0.4, 0.5) is 17.2 Å². The maximum Gasteiger partial charge on any atom is 0.290 e. The molecule has 0 radical (unpaired) electrons. The van der Waals surface area contributed by atoms with Gasteiger partial charge in [0.05, 0.1) is 30.7 Å². The van der Waals surface area contributed by atoms with E-state index < -0.39 is 0 Å². The highest BCUT2D eigenvalue weighted by Gasteiger charge is 2.38. The van der Waals surface area contributed by atoms with Crippen molar-refractivity contribution in [3.63, 3.8) is 0 Å². The zero-order valence-electron chi connectivity index (χ0n) is 23.8. The third kappa shape index (κ3) is 4.66. The van der Waals surface area contributed by atoms with Crippen molar-refractivity contribution in [2.75, 3.05) is 30.4 Å². The highest BCUT2D eigenvalue weighted by atomic mass is 16.3. The molecule has 1 unspecified atom stereocenters.